The Morgan fingerprint density at radius 3 is 2.48 bits per heavy atom. The number of fused-ring (bicyclic) bond motifs is 1. The minimum Gasteiger partial charge on any atom is -0.454 e. The van der Waals surface area contributed by atoms with Crippen molar-refractivity contribution < 1.29 is 19.1 Å². The van der Waals surface area contributed by atoms with Crippen molar-refractivity contribution in [3.05, 3.63) is 77.4 Å². The fourth-order valence-corrected chi connectivity index (χ4v) is 4.31. The lowest BCUT2D eigenvalue weighted by Gasteiger charge is -2.18. The first kappa shape index (κ1) is 21.1. The number of aryl methyl sites for hydroxylation is 1. The fourth-order valence-electron chi connectivity index (χ4n) is 4.31. The molecule has 1 aliphatic carbocycles. The van der Waals surface area contributed by atoms with Gasteiger partial charge < -0.3 is 19.7 Å². The largest absolute Gasteiger partial charge is 0.454 e. The molecule has 2 amide bonds. The number of nitrogens with zero attached hydrogens (tertiary/aromatic N) is 1. The fraction of sp³-hybridized carbons (Fsp3) is 0.259. The Balaban J connectivity index is 1.41. The van der Waals surface area contributed by atoms with Crippen molar-refractivity contribution in [2.24, 2.45) is 0 Å². The molecular weight excluding hydrogens is 416 g/mol. The van der Waals surface area contributed by atoms with Crippen molar-refractivity contribution in [2.45, 2.75) is 25.2 Å². The van der Waals surface area contributed by atoms with E-state index in [9.17, 15) is 9.59 Å². The Kier molecular flexibility index (Phi) is 5.08. The summed E-state index contributed by atoms with van der Waals surface area (Å²) in [6.45, 7) is 2.24. The summed E-state index contributed by atoms with van der Waals surface area (Å²) in [5.74, 6) is 1.34. The summed E-state index contributed by atoms with van der Waals surface area (Å²) in [5.41, 5.74) is 4.76. The first-order chi connectivity index (χ1) is 15.9. The van der Waals surface area contributed by atoms with Crippen LogP contribution in [0.2, 0.25) is 0 Å². The average molecular weight is 443 g/mol. The third-order valence-corrected chi connectivity index (χ3v) is 6.43. The molecule has 0 unspecified atom stereocenters. The summed E-state index contributed by atoms with van der Waals surface area (Å²) < 4.78 is 10.9. The van der Waals surface area contributed by atoms with Gasteiger partial charge >= 0.3 is 0 Å². The van der Waals surface area contributed by atoms with Crippen LogP contribution in [-0.2, 0) is 10.2 Å². The van der Waals surface area contributed by atoms with Crippen molar-refractivity contribution in [3.63, 3.8) is 0 Å². The highest BCUT2D eigenvalue weighted by Crippen LogP contribution is 2.51. The van der Waals surface area contributed by atoms with E-state index < -0.39 is 5.41 Å². The number of carbonyl (C=O) groups is 2. The first-order valence-electron chi connectivity index (χ1n) is 11.0. The van der Waals surface area contributed by atoms with Crippen LogP contribution in [0, 0.1) is 6.92 Å². The van der Waals surface area contributed by atoms with E-state index in [0.717, 1.165) is 40.8 Å². The molecule has 1 fully saturated rings. The van der Waals surface area contributed by atoms with Gasteiger partial charge in [-0.05, 0) is 78.4 Å². The van der Waals surface area contributed by atoms with E-state index >= 15 is 0 Å². The van der Waals surface area contributed by atoms with Crippen molar-refractivity contribution in [1.82, 2.24) is 4.90 Å². The summed E-state index contributed by atoms with van der Waals surface area (Å²) in [6, 6.07) is 19.2. The maximum Gasteiger partial charge on any atom is 0.253 e. The quantitative estimate of drug-likeness (QED) is 0.619. The topological polar surface area (TPSA) is 67.9 Å². The maximum absolute atomic E-state index is 13.3. The number of carbonyl (C=O) groups excluding carboxylic acids is 2. The Hall–Kier alpha value is -3.80. The summed E-state index contributed by atoms with van der Waals surface area (Å²) in [7, 11) is 3.48. The van der Waals surface area contributed by atoms with Crippen molar-refractivity contribution in [3.8, 4) is 22.6 Å². The van der Waals surface area contributed by atoms with Gasteiger partial charge in [0.1, 0.15) is 0 Å². The van der Waals surface area contributed by atoms with E-state index in [-0.39, 0.29) is 18.6 Å². The van der Waals surface area contributed by atoms with E-state index in [2.05, 4.69) is 5.32 Å². The van der Waals surface area contributed by atoms with Crippen LogP contribution in [0.1, 0.15) is 34.3 Å². The number of rotatable bonds is 5. The second kappa shape index (κ2) is 7.96. The van der Waals surface area contributed by atoms with E-state index in [1.165, 1.54) is 0 Å². The molecule has 1 saturated carbocycles. The van der Waals surface area contributed by atoms with Crippen LogP contribution < -0.4 is 14.8 Å². The Morgan fingerprint density at radius 1 is 0.939 bits per heavy atom. The molecule has 0 bridgehead atoms. The molecule has 1 aliphatic heterocycles. The number of benzene rings is 3. The molecule has 0 spiro atoms. The lowest BCUT2D eigenvalue weighted by Crippen LogP contribution is -2.27. The third-order valence-electron chi connectivity index (χ3n) is 6.43. The van der Waals surface area contributed by atoms with Gasteiger partial charge in [-0.1, -0.05) is 24.3 Å². The van der Waals surface area contributed by atoms with Crippen LogP contribution >= 0.6 is 0 Å². The normalized spacial score (nSPS) is 15.1. The van der Waals surface area contributed by atoms with E-state index in [1.807, 2.05) is 67.6 Å². The zero-order valence-corrected chi connectivity index (χ0v) is 19.0. The Labute approximate surface area is 193 Å². The van der Waals surface area contributed by atoms with Gasteiger partial charge in [-0.25, -0.2) is 0 Å². The predicted octanol–water partition coefficient (Wildman–Crippen LogP) is 4.76. The van der Waals surface area contributed by atoms with E-state index in [4.69, 9.17) is 9.47 Å². The van der Waals surface area contributed by atoms with Crippen molar-refractivity contribution >= 4 is 17.5 Å². The van der Waals surface area contributed by atoms with Gasteiger partial charge in [0.2, 0.25) is 12.7 Å². The molecule has 0 aromatic heterocycles. The molecule has 0 radical (unpaired) electrons. The lowest BCUT2D eigenvalue weighted by molar-refractivity contribution is -0.118. The molecule has 2 aliphatic rings. The zero-order chi connectivity index (χ0) is 23.2. The molecule has 6 nitrogen and oxygen atoms in total. The van der Waals surface area contributed by atoms with Crippen LogP contribution in [0.3, 0.4) is 0 Å². The highest BCUT2D eigenvalue weighted by Gasteiger charge is 2.51. The first-order valence-corrected chi connectivity index (χ1v) is 11.0. The molecular formula is C27H26N2O4. The van der Waals surface area contributed by atoms with Crippen molar-refractivity contribution in [1.29, 1.82) is 0 Å². The SMILES string of the molecule is Cc1ccc(NC(=O)C2(c3ccc4c(c3)OCO4)CC2)cc1-c1cccc(C(=O)N(C)C)c1. The van der Waals surface area contributed by atoms with Gasteiger partial charge in [0.25, 0.3) is 5.91 Å². The third kappa shape index (κ3) is 3.82. The standard InChI is InChI=1S/C27H26N2O4/c1-17-7-9-21(15-22(17)18-5-4-6-19(13-18)25(30)29(2)3)28-26(31)27(11-12-27)20-8-10-23-24(14-20)33-16-32-23/h4-10,13-15H,11-12,16H2,1-3H3,(H,28,31). The van der Waals surface area contributed by atoms with Gasteiger partial charge in [-0.2, -0.15) is 0 Å². The van der Waals surface area contributed by atoms with Crippen LogP contribution in [0.5, 0.6) is 11.5 Å². The lowest BCUT2D eigenvalue weighted by atomic mass is 9.94. The minimum atomic E-state index is -0.538. The minimum absolute atomic E-state index is 0.0206. The summed E-state index contributed by atoms with van der Waals surface area (Å²) in [5, 5.41) is 3.12. The van der Waals surface area contributed by atoms with Gasteiger partial charge in [0.15, 0.2) is 11.5 Å². The summed E-state index contributed by atoms with van der Waals surface area (Å²) in [6.07, 6.45) is 1.60. The number of anilines is 1. The van der Waals surface area contributed by atoms with Gasteiger partial charge in [-0.3, -0.25) is 9.59 Å². The van der Waals surface area contributed by atoms with Crippen LogP contribution in [0.4, 0.5) is 5.69 Å². The molecule has 5 rings (SSSR count). The number of hydrogen-bond acceptors (Lipinski definition) is 4. The molecule has 3 aromatic carbocycles. The smallest absolute Gasteiger partial charge is 0.253 e. The molecule has 1 heterocycles. The monoisotopic (exact) mass is 442 g/mol. The van der Waals surface area contributed by atoms with Crippen molar-refractivity contribution in [2.75, 3.05) is 26.2 Å². The van der Waals surface area contributed by atoms with Crippen LogP contribution in [0.15, 0.2) is 60.7 Å². The molecule has 0 saturated heterocycles. The highest BCUT2D eigenvalue weighted by atomic mass is 16.7. The molecule has 168 valence electrons. The van der Waals surface area contributed by atoms with Gasteiger partial charge in [0, 0.05) is 25.3 Å². The van der Waals surface area contributed by atoms with Crippen LogP contribution in [-0.4, -0.2) is 37.6 Å². The Morgan fingerprint density at radius 2 is 1.73 bits per heavy atom. The van der Waals surface area contributed by atoms with E-state index in [1.54, 1.807) is 19.0 Å². The molecule has 0 atom stereocenters. The molecule has 3 aromatic rings. The molecule has 33 heavy (non-hydrogen) atoms. The zero-order valence-electron chi connectivity index (χ0n) is 19.0. The maximum atomic E-state index is 13.3. The second-order valence-corrected chi connectivity index (χ2v) is 8.91. The molecule has 1 N–H and O–H groups in total. The number of ether oxygens (including phenoxy) is 2. The number of nitrogens with one attached hydrogen (secondary N) is 1. The van der Waals surface area contributed by atoms with E-state index in [0.29, 0.717) is 17.1 Å². The molecule has 6 heteroatoms. The average Bonchev–Trinajstić information content (AvgIpc) is 3.50. The highest BCUT2D eigenvalue weighted by molar-refractivity contribution is 6.02. The van der Waals surface area contributed by atoms with Gasteiger partial charge in [0.05, 0.1) is 5.41 Å². The predicted molar refractivity (Wildman–Crippen MR) is 127 cm³/mol. The summed E-state index contributed by atoms with van der Waals surface area (Å²) >= 11 is 0. The Bertz CT molecular complexity index is 1260. The number of amides is 2. The summed E-state index contributed by atoms with van der Waals surface area (Å²) in [4.78, 5) is 27.3. The van der Waals surface area contributed by atoms with Gasteiger partial charge in [-0.15, -0.1) is 0 Å². The van der Waals surface area contributed by atoms with Crippen LogP contribution in [0.25, 0.3) is 11.1 Å². The second-order valence-electron chi connectivity index (χ2n) is 8.91. The number of hydrogen-bond donors (Lipinski definition) is 1.